The second-order valence-corrected chi connectivity index (χ2v) is 12.0. The van der Waals surface area contributed by atoms with Gasteiger partial charge in [-0.1, -0.05) is 54.6 Å². The maximum absolute atomic E-state index is 12.8. The van der Waals surface area contributed by atoms with E-state index >= 15 is 0 Å². The molecule has 0 spiro atoms. The van der Waals surface area contributed by atoms with Gasteiger partial charge in [-0.05, 0) is 85.9 Å². The normalized spacial score (nSPS) is 15.6. The summed E-state index contributed by atoms with van der Waals surface area (Å²) in [6, 6.07) is 31.3. The number of imidazole rings is 1. The van der Waals surface area contributed by atoms with E-state index in [1.165, 1.54) is 5.56 Å². The number of amidine groups is 1. The number of likely N-dealkylation sites (tertiary alicyclic amines) is 1. The van der Waals surface area contributed by atoms with Crippen molar-refractivity contribution in [3.63, 3.8) is 0 Å². The number of fused-ring (bicyclic) bond motifs is 2. The highest BCUT2D eigenvalue weighted by Crippen LogP contribution is 2.34. The van der Waals surface area contributed by atoms with Crippen LogP contribution in [0.15, 0.2) is 96.0 Å². The number of rotatable bonds is 8. The van der Waals surface area contributed by atoms with Gasteiger partial charge in [-0.2, -0.15) is 0 Å². The van der Waals surface area contributed by atoms with Gasteiger partial charge < -0.3 is 20.3 Å². The molecular formula is C37H38N6O2. The van der Waals surface area contributed by atoms with E-state index in [0.717, 1.165) is 83.2 Å². The molecule has 228 valence electrons. The smallest absolute Gasteiger partial charge is 0.251 e. The molecule has 0 atom stereocenters. The molecule has 1 amide bonds. The second-order valence-electron chi connectivity index (χ2n) is 12.0. The fourth-order valence-electron chi connectivity index (χ4n) is 6.49. The molecule has 2 aliphatic rings. The number of aromatic nitrogens is 2. The van der Waals surface area contributed by atoms with Crippen LogP contribution in [0.5, 0.6) is 0 Å². The van der Waals surface area contributed by atoms with Crippen molar-refractivity contribution in [2.45, 2.75) is 38.8 Å². The Kier molecular flexibility index (Phi) is 8.15. The van der Waals surface area contributed by atoms with Crippen molar-refractivity contribution in [3.05, 3.63) is 125 Å². The number of aliphatic hydroxyl groups excluding tert-OH is 1. The van der Waals surface area contributed by atoms with Crippen molar-refractivity contribution in [3.8, 4) is 0 Å². The lowest BCUT2D eigenvalue weighted by atomic mass is 9.95. The molecule has 0 bridgehead atoms. The zero-order valence-electron chi connectivity index (χ0n) is 25.5. The number of carbonyl (C=O) groups is 1. The molecule has 0 radical (unpaired) electrons. The lowest BCUT2D eigenvalue weighted by molar-refractivity contribution is 0.0944. The molecule has 0 saturated carbocycles. The predicted octanol–water partition coefficient (Wildman–Crippen LogP) is 6.07. The number of hydrogen-bond donors (Lipinski definition) is 3. The number of aliphatic hydroxyl groups is 1. The Labute approximate surface area is 263 Å². The van der Waals surface area contributed by atoms with Crippen LogP contribution in [0, 0.1) is 6.92 Å². The van der Waals surface area contributed by atoms with Crippen molar-refractivity contribution in [2.75, 3.05) is 31.1 Å². The van der Waals surface area contributed by atoms with Gasteiger partial charge in [-0.25, -0.2) is 9.98 Å². The first-order valence-corrected chi connectivity index (χ1v) is 15.8. The van der Waals surface area contributed by atoms with E-state index < -0.39 is 0 Å². The highest BCUT2D eigenvalue weighted by molar-refractivity contribution is 6.12. The van der Waals surface area contributed by atoms with Gasteiger partial charge in [-0.3, -0.25) is 9.69 Å². The SMILES string of the molecule is Cc1cc2c(cc1C(=O)NCCO)CN(c1ccccc1)C(c1ccc(CN3CCC(c4nc5ccccc5[nH]4)CC3)cc1)=N2. The summed E-state index contributed by atoms with van der Waals surface area (Å²) in [6.07, 6.45) is 2.20. The van der Waals surface area contributed by atoms with Crippen molar-refractivity contribution in [1.29, 1.82) is 0 Å². The van der Waals surface area contributed by atoms with Gasteiger partial charge in [0.05, 0.1) is 29.9 Å². The van der Waals surface area contributed by atoms with Gasteiger partial charge >= 0.3 is 0 Å². The number of anilines is 1. The second kappa shape index (κ2) is 12.7. The Hall–Kier alpha value is -4.79. The van der Waals surface area contributed by atoms with Crippen LogP contribution in [0.2, 0.25) is 0 Å². The Morgan fingerprint density at radius 1 is 0.978 bits per heavy atom. The van der Waals surface area contributed by atoms with Crippen LogP contribution < -0.4 is 10.2 Å². The minimum absolute atomic E-state index is 0.0913. The molecule has 8 nitrogen and oxygen atoms in total. The van der Waals surface area contributed by atoms with Crippen molar-refractivity contribution in [2.24, 2.45) is 4.99 Å². The van der Waals surface area contributed by atoms with E-state index in [1.807, 2.05) is 43.3 Å². The van der Waals surface area contributed by atoms with Crippen LogP contribution in [-0.2, 0) is 13.1 Å². The molecule has 8 heteroatoms. The number of piperidine rings is 1. The number of para-hydroxylation sites is 3. The minimum atomic E-state index is -0.181. The Bertz CT molecular complexity index is 1810. The molecule has 2 aliphatic heterocycles. The molecule has 5 aromatic rings. The summed E-state index contributed by atoms with van der Waals surface area (Å²) in [5.74, 6) is 2.31. The predicted molar refractivity (Wildman–Crippen MR) is 179 cm³/mol. The van der Waals surface area contributed by atoms with Crippen molar-refractivity contribution < 1.29 is 9.90 Å². The van der Waals surface area contributed by atoms with E-state index in [-0.39, 0.29) is 19.1 Å². The maximum atomic E-state index is 12.8. The maximum Gasteiger partial charge on any atom is 0.251 e. The van der Waals surface area contributed by atoms with E-state index in [4.69, 9.17) is 15.1 Å². The summed E-state index contributed by atoms with van der Waals surface area (Å²) < 4.78 is 0. The van der Waals surface area contributed by atoms with Crippen LogP contribution in [0.25, 0.3) is 11.0 Å². The van der Waals surface area contributed by atoms with Gasteiger partial charge in [0.1, 0.15) is 11.7 Å². The van der Waals surface area contributed by atoms with Gasteiger partial charge in [0.25, 0.3) is 5.91 Å². The number of benzene rings is 4. The molecule has 1 fully saturated rings. The number of carbonyl (C=O) groups excluding carboxylic acids is 1. The average molecular weight is 599 g/mol. The number of hydrogen-bond acceptors (Lipinski definition) is 6. The Morgan fingerprint density at radius 3 is 2.49 bits per heavy atom. The third-order valence-electron chi connectivity index (χ3n) is 8.95. The van der Waals surface area contributed by atoms with E-state index in [2.05, 4.69) is 74.7 Å². The molecular weight excluding hydrogens is 560 g/mol. The van der Waals surface area contributed by atoms with Crippen LogP contribution >= 0.6 is 0 Å². The lowest BCUT2D eigenvalue weighted by Crippen LogP contribution is -2.34. The van der Waals surface area contributed by atoms with Gasteiger partial charge in [0.2, 0.25) is 0 Å². The fraction of sp³-hybridized carbons (Fsp3) is 0.270. The quantitative estimate of drug-likeness (QED) is 0.201. The average Bonchev–Trinajstić information content (AvgIpc) is 3.52. The molecule has 4 aromatic carbocycles. The van der Waals surface area contributed by atoms with E-state index in [1.54, 1.807) is 0 Å². The molecule has 1 saturated heterocycles. The lowest BCUT2D eigenvalue weighted by Gasteiger charge is -2.32. The first-order chi connectivity index (χ1) is 22.1. The third-order valence-corrected chi connectivity index (χ3v) is 8.95. The monoisotopic (exact) mass is 598 g/mol. The molecule has 7 rings (SSSR count). The van der Waals surface area contributed by atoms with E-state index in [0.29, 0.717) is 18.0 Å². The van der Waals surface area contributed by atoms with Crippen LogP contribution in [0.4, 0.5) is 11.4 Å². The third kappa shape index (κ3) is 6.12. The topological polar surface area (TPSA) is 96.9 Å². The zero-order chi connectivity index (χ0) is 30.8. The number of nitrogens with one attached hydrogen (secondary N) is 2. The molecule has 1 aromatic heterocycles. The van der Waals surface area contributed by atoms with Crippen molar-refractivity contribution in [1.82, 2.24) is 20.2 Å². The summed E-state index contributed by atoms with van der Waals surface area (Å²) in [4.78, 5) is 31.0. The Balaban J connectivity index is 1.08. The van der Waals surface area contributed by atoms with E-state index in [9.17, 15) is 4.79 Å². The van der Waals surface area contributed by atoms with Crippen LogP contribution in [0.1, 0.15) is 57.2 Å². The fourth-order valence-corrected chi connectivity index (χ4v) is 6.49. The highest BCUT2D eigenvalue weighted by atomic mass is 16.3. The first-order valence-electron chi connectivity index (χ1n) is 15.8. The minimum Gasteiger partial charge on any atom is -0.395 e. The molecule has 3 N–H and O–H groups in total. The molecule has 45 heavy (non-hydrogen) atoms. The van der Waals surface area contributed by atoms with Crippen LogP contribution in [-0.4, -0.2) is 58.0 Å². The largest absolute Gasteiger partial charge is 0.395 e. The number of aryl methyl sites for hydroxylation is 1. The number of aromatic amines is 1. The van der Waals surface area contributed by atoms with Gasteiger partial charge in [0.15, 0.2) is 0 Å². The Morgan fingerprint density at radius 2 is 1.73 bits per heavy atom. The standard InChI is InChI=1S/C37H38N6O2/c1-25-21-34-29(22-31(25)37(45)38-17-20-44)24-43(30-7-3-2-4-8-30)36(41-34)28-13-11-26(12-14-28)23-42-18-15-27(16-19-42)35-39-32-9-5-6-10-33(32)40-35/h2-14,21-22,27,44H,15-20,23-24H2,1H3,(H,38,45)(H,39,40). The summed E-state index contributed by atoms with van der Waals surface area (Å²) >= 11 is 0. The zero-order valence-corrected chi connectivity index (χ0v) is 25.5. The first kappa shape index (κ1) is 29.0. The highest BCUT2D eigenvalue weighted by Gasteiger charge is 2.26. The number of nitrogens with zero attached hydrogens (tertiary/aromatic N) is 4. The summed E-state index contributed by atoms with van der Waals surface area (Å²) in [5.41, 5.74) is 8.90. The number of aliphatic imine (C=N–C) groups is 1. The van der Waals surface area contributed by atoms with Crippen LogP contribution in [0.3, 0.4) is 0 Å². The number of H-pyrrole nitrogens is 1. The van der Waals surface area contributed by atoms with Crippen molar-refractivity contribution >= 4 is 34.2 Å². The summed E-state index contributed by atoms with van der Waals surface area (Å²) in [5, 5.41) is 11.9. The summed E-state index contributed by atoms with van der Waals surface area (Å²) in [7, 11) is 0. The molecule has 0 unspecified atom stereocenters. The van der Waals surface area contributed by atoms with Gasteiger partial charge in [-0.15, -0.1) is 0 Å². The molecule has 3 heterocycles. The van der Waals surface area contributed by atoms with Gasteiger partial charge in [0, 0.05) is 35.8 Å². The number of amides is 1. The molecule has 0 aliphatic carbocycles. The summed E-state index contributed by atoms with van der Waals surface area (Å²) in [6.45, 7) is 5.69.